The van der Waals surface area contributed by atoms with Crippen molar-refractivity contribution in [3.63, 3.8) is 0 Å². The predicted molar refractivity (Wildman–Crippen MR) is 61.6 cm³/mol. The number of amidine groups is 1. The van der Waals surface area contributed by atoms with Crippen LogP contribution in [0.3, 0.4) is 0 Å². The number of nitrogens with zero attached hydrogens (tertiary/aromatic N) is 2. The van der Waals surface area contributed by atoms with Gasteiger partial charge in [0.05, 0.1) is 11.8 Å². The largest absolute Gasteiger partial charge is 0.409 e. The minimum Gasteiger partial charge on any atom is -0.409 e. The summed E-state index contributed by atoms with van der Waals surface area (Å²) in [7, 11) is 0. The maximum atomic E-state index is 11.8. The summed E-state index contributed by atoms with van der Waals surface area (Å²) < 4.78 is 0. The molecule has 0 spiro atoms. The predicted octanol–water partition coefficient (Wildman–Crippen LogP) is 0.489. The van der Waals surface area contributed by atoms with Crippen LogP contribution in [0.2, 0.25) is 0 Å². The summed E-state index contributed by atoms with van der Waals surface area (Å²) in [5.41, 5.74) is 5.88. The molecule has 17 heavy (non-hydrogen) atoms. The molecule has 7 nitrogen and oxygen atoms in total. The molecule has 1 aromatic rings. The summed E-state index contributed by atoms with van der Waals surface area (Å²) in [4.78, 5) is 11.8. The van der Waals surface area contributed by atoms with Crippen LogP contribution in [0.5, 0.6) is 0 Å². The number of carbonyl (C=O) groups excluding carboxylic acids is 1. The first-order chi connectivity index (χ1) is 7.95. The molecule has 1 aliphatic carbocycles. The Kier molecular flexibility index (Phi) is 2.53. The fourth-order valence-electron chi connectivity index (χ4n) is 1.75. The highest BCUT2D eigenvalue weighted by atomic mass is 16.4. The summed E-state index contributed by atoms with van der Waals surface area (Å²) in [6.45, 7) is 4.07. The molecule has 0 aliphatic heterocycles. The van der Waals surface area contributed by atoms with E-state index in [4.69, 9.17) is 10.9 Å². The highest BCUT2D eigenvalue weighted by molar-refractivity contribution is 6.05. The zero-order valence-corrected chi connectivity index (χ0v) is 9.69. The van der Waals surface area contributed by atoms with Crippen LogP contribution >= 0.6 is 0 Å². The van der Waals surface area contributed by atoms with Gasteiger partial charge in [-0.15, -0.1) is 0 Å². The van der Waals surface area contributed by atoms with Gasteiger partial charge < -0.3 is 16.3 Å². The average molecular weight is 237 g/mol. The number of rotatable bonds is 3. The molecule has 7 heteroatoms. The summed E-state index contributed by atoms with van der Waals surface area (Å²) >= 11 is 0. The van der Waals surface area contributed by atoms with Crippen molar-refractivity contribution in [1.29, 1.82) is 0 Å². The Labute approximate surface area is 98.1 Å². The molecular formula is C10H15N5O2. The first-order valence-electron chi connectivity index (χ1n) is 5.28. The third-order valence-electron chi connectivity index (χ3n) is 3.10. The number of H-pyrrole nitrogens is 1. The molecule has 92 valence electrons. The van der Waals surface area contributed by atoms with Crippen molar-refractivity contribution in [1.82, 2.24) is 10.2 Å². The standard InChI is InChI=1S/C10H15N5O2/c1-10(2)3-6(10)9(16)13-8-5(4-12-14-8)7(11)15-17/h4,6,17H,3H2,1-2H3,(H2,11,15)(H2,12,13,14,16). The zero-order valence-electron chi connectivity index (χ0n) is 9.69. The van der Waals surface area contributed by atoms with Crippen LogP contribution in [0.15, 0.2) is 11.4 Å². The molecule has 1 fully saturated rings. The maximum Gasteiger partial charge on any atom is 0.229 e. The Bertz CT molecular complexity index is 477. The number of hydrogen-bond donors (Lipinski definition) is 4. The van der Waals surface area contributed by atoms with E-state index in [0.29, 0.717) is 11.4 Å². The Morgan fingerprint density at radius 2 is 2.41 bits per heavy atom. The summed E-state index contributed by atoms with van der Waals surface area (Å²) in [5, 5.41) is 20.5. The molecule has 1 aliphatic rings. The summed E-state index contributed by atoms with van der Waals surface area (Å²) in [6.07, 6.45) is 2.26. The number of nitrogens with one attached hydrogen (secondary N) is 2. The van der Waals surface area contributed by atoms with Crippen LogP contribution in [0.25, 0.3) is 0 Å². The minimum atomic E-state index is -0.0934. The molecule has 0 aromatic carbocycles. The SMILES string of the molecule is CC1(C)CC1C(=O)Nc1[nH]ncc1C(N)=NO. The molecule has 0 bridgehead atoms. The van der Waals surface area contributed by atoms with Crippen molar-refractivity contribution in [3.8, 4) is 0 Å². The monoisotopic (exact) mass is 237 g/mol. The Hall–Kier alpha value is -2.05. The normalized spacial score (nSPS) is 22.2. The molecule has 5 N–H and O–H groups in total. The third-order valence-corrected chi connectivity index (χ3v) is 3.10. The lowest BCUT2D eigenvalue weighted by Gasteiger charge is -2.06. The molecule has 1 aromatic heterocycles. The summed E-state index contributed by atoms with van der Waals surface area (Å²) in [6, 6.07) is 0. The molecule has 1 atom stereocenters. The van der Waals surface area contributed by atoms with Crippen LogP contribution < -0.4 is 11.1 Å². The van der Waals surface area contributed by atoms with Crippen molar-refractivity contribution in [2.45, 2.75) is 20.3 Å². The van der Waals surface area contributed by atoms with Gasteiger partial charge in [-0.3, -0.25) is 9.89 Å². The quantitative estimate of drug-likeness (QED) is 0.265. The molecule has 1 unspecified atom stereocenters. The minimum absolute atomic E-state index is 0.00550. The lowest BCUT2D eigenvalue weighted by Crippen LogP contribution is -2.20. The van der Waals surface area contributed by atoms with Gasteiger partial charge in [-0.2, -0.15) is 5.10 Å². The molecular weight excluding hydrogens is 222 g/mol. The van der Waals surface area contributed by atoms with E-state index in [9.17, 15) is 4.79 Å². The number of amides is 1. The smallest absolute Gasteiger partial charge is 0.229 e. The molecule has 1 saturated carbocycles. The van der Waals surface area contributed by atoms with E-state index in [1.165, 1.54) is 6.20 Å². The number of carbonyl (C=O) groups is 1. The van der Waals surface area contributed by atoms with Crippen molar-refractivity contribution in [2.75, 3.05) is 5.32 Å². The van der Waals surface area contributed by atoms with Crippen molar-refractivity contribution in [2.24, 2.45) is 22.2 Å². The van der Waals surface area contributed by atoms with Crippen molar-refractivity contribution >= 4 is 17.6 Å². The first-order valence-corrected chi connectivity index (χ1v) is 5.28. The number of hydrogen-bond acceptors (Lipinski definition) is 4. The van der Waals surface area contributed by atoms with Gasteiger partial charge >= 0.3 is 0 Å². The van der Waals surface area contributed by atoms with E-state index in [0.717, 1.165) is 6.42 Å². The maximum absolute atomic E-state index is 11.8. The molecule has 1 heterocycles. The van der Waals surface area contributed by atoms with Gasteiger partial charge in [-0.25, -0.2) is 0 Å². The van der Waals surface area contributed by atoms with Crippen LogP contribution in [-0.4, -0.2) is 27.1 Å². The Balaban J connectivity index is 2.10. The van der Waals surface area contributed by atoms with Crippen LogP contribution in [0.1, 0.15) is 25.8 Å². The van der Waals surface area contributed by atoms with Gasteiger partial charge in [-0.05, 0) is 11.8 Å². The second kappa shape index (κ2) is 3.76. The number of aromatic nitrogens is 2. The van der Waals surface area contributed by atoms with Crippen molar-refractivity contribution < 1.29 is 10.0 Å². The van der Waals surface area contributed by atoms with Gasteiger partial charge in [0.1, 0.15) is 5.82 Å². The molecule has 0 saturated heterocycles. The van der Waals surface area contributed by atoms with Crippen molar-refractivity contribution in [3.05, 3.63) is 11.8 Å². The van der Waals surface area contributed by atoms with Gasteiger partial charge in [0.2, 0.25) is 5.91 Å². The van der Waals surface area contributed by atoms with E-state index in [1.807, 2.05) is 13.8 Å². The second-order valence-electron chi connectivity index (χ2n) is 4.88. The van der Waals surface area contributed by atoms with Gasteiger partial charge in [-0.1, -0.05) is 19.0 Å². The molecule has 2 rings (SSSR count). The number of oxime groups is 1. The number of nitrogens with two attached hydrogens (primary N) is 1. The van der Waals surface area contributed by atoms with Gasteiger partial charge in [0.15, 0.2) is 5.84 Å². The van der Waals surface area contributed by atoms with Crippen LogP contribution in [0.4, 0.5) is 5.82 Å². The Morgan fingerprint density at radius 3 is 2.94 bits per heavy atom. The third kappa shape index (κ3) is 2.08. The average Bonchev–Trinajstić information content (AvgIpc) is 2.72. The first kappa shape index (κ1) is 11.4. The fraction of sp³-hybridized carbons (Fsp3) is 0.500. The molecule has 1 amide bonds. The topological polar surface area (TPSA) is 116 Å². The highest BCUT2D eigenvalue weighted by Gasteiger charge is 2.50. The highest BCUT2D eigenvalue weighted by Crippen LogP contribution is 2.51. The van der Waals surface area contributed by atoms with Gasteiger partial charge in [0.25, 0.3) is 0 Å². The number of aromatic amines is 1. The van der Waals surface area contributed by atoms with E-state index in [2.05, 4.69) is 20.7 Å². The lowest BCUT2D eigenvalue weighted by atomic mass is 10.1. The van der Waals surface area contributed by atoms with Gasteiger partial charge in [0, 0.05) is 5.92 Å². The second-order valence-corrected chi connectivity index (χ2v) is 4.88. The van der Waals surface area contributed by atoms with Crippen LogP contribution in [-0.2, 0) is 4.79 Å². The lowest BCUT2D eigenvalue weighted by molar-refractivity contribution is -0.118. The molecule has 0 radical (unpaired) electrons. The number of anilines is 1. The fourth-order valence-corrected chi connectivity index (χ4v) is 1.75. The van der Waals surface area contributed by atoms with E-state index >= 15 is 0 Å². The zero-order chi connectivity index (χ0) is 12.6. The summed E-state index contributed by atoms with van der Waals surface area (Å²) in [5.74, 6) is 0.189. The van der Waals surface area contributed by atoms with Crippen LogP contribution in [0, 0.1) is 11.3 Å². The van der Waals surface area contributed by atoms with E-state index in [-0.39, 0.29) is 23.1 Å². The van der Waals surface area contributed by atoms with E-state index in [1.54, 1.807) is 0 Å². The Morgan fingerprint density at radius 1 is 1.76 bits per heavy atom. The van der Waals surface area contributed by atoms with E-state index < -0.39 is 0 Å².